The summed E-state index contributed by atoms with van der Waals surface area (Å²) in [6.45, 7) is 5.48. The normalized spacial score (nSPS) is 16.0. The van der Waals surface area contributed by atoms with Crippen molar-refractivity contribution >= 4 is 11.8 Å². The molecule has 1 aromatic carbocycles. The Hall–Kier alpha value is -2.24. The maximum Gasteiger partial charge on any atom is 0.241 e. The van der Waals surface area contributed by atoms with Crippen molar-refractivity contribution in [2.24, 2.45) is 5.92 Å². The first-order chi connectivity index (χ1) is 11.1. The van der Waals surface area contributed by atoms with Crippen LogP contribution in [-0.4, -0.2) is 50.1 Å². The molecule has 1 aromatic rings. The van der Waals surface area contributed by atoms with Crippen molar-refractivity contribution < 1.29 is 19.1 Å². The molecule has 1 N–H and O–H groups in total. The average molecular weight is 320 g/mol. The molecular weight excluding hydrogens is 296 g/mol. The Bertz CT molecular complexity index is 570. The number of hydrogen-bond donors (Lipinski definition) is 1. The Kier molecular flexibility index (Phi) is 5.84. The minimum Gasteiger partial charge on any atom is -0.497 e. The van der Waals surface area contributed by atoms with E-state index in [2.05, 4.69) is 5.32 Å². The summed E-state index contributed by atoms with van der Waals surface area (Å²) in [7, 11) is 1.60. The molecule has 0 aromatic heterocycles. The van der Waals surface area contributed by atoms with E-state index < -0.39 is 0 Å². The molecule has 1 atom stereocenters. The van der Waals surface area contributed by atoms with E-state index in [0.29, 0.717) is 26.1 Å². The molecule has 0 saturated carbocycles. The molecule has 0 aliphatic carbocycles. The number of carbonyl (C=O) groups excluding carboxylic acids is 2. The largest absolute Gasteiger partial charge is 0.497 e. The monoisotopic (exact) mass is 320 g/mol. The van der Waals surface area contributed by atoms with E-state index in [1.165, 1.54) is 0 Å². The number of amides is 2. The van der Waals surface area contributed by atoms with Gasteiger partial charge in [-0.2, -0.15) is 0 Å². The molecule has 23 heavy (non-hydrogen) atoms. The van der Waals surface area contributed by atoms with E-state index in [0.717, 1.165) is 17.1 Å². The summed E-state index contributed by atoms with van der Waals surface area (Å²) in [6, 6.07) is 5.59. The van der Waals surface area contributed by atoms with Crippen molar-refractivity contribution in [3.8, 4) is 11.5 Å². The lowest BCUT2D eigenvalue weighted by Gasteiger charge is -2.25. The second-order valence-corrected chi connectivity index (χ2v) is 5.47. The van der Waals surface area contributed by atoms with Crippen LogP contribution in [0.15, 0.2) is 18.2 Å². The summed E-state index contributed by atoms with van der Waals surface area (Å²) in [5.74, 6) is 1.00. The van der Waals surface area contributed by atoms with Crippen LogP contribution in [0.2, 0.25) is 0 Å². The molecule has 6 heteroatoms. The predicted molar refractivity (Wildman–Crippen MR) is 86.6 cm³/mol. The second kappa shape index (κ2) is 7.85. The lowest BCUT2D eigenvalue weighted by Crippen LogP contribution is -2.44. The Morgan fingerprint density at radius 3 is 2.74 bits per heavy atom. The molecule has 0 radical (unpaired) electrons. The fourth-order valence-corrected chi connectivity index (χ4v) is 2.64. The highest BCUT2D eigenvalue weighted by atomic mass is 16.5. The van der Waals surface area contributed by atoms with Gasteiger partial charge in [-0.25, -0.2) is 0 Å². The zero-order chi connectivity index (χ0) is 16.8. The number of methoxy groups -OCH3 is 1. The number of carbonyl (C=O) groups is 2. The van der Waals surface area contributed by atoms with Crippen LogP contribution in [0.5, 0.6) is 11.5 Å². The van der Waals surface area contributed by atoms with Gasteiger partial charge in [-0.05, 0) is 31.9 Å². The molecule has 1 heterocycles. The zero-order valence-corrected chi connectivity index (χ0v) is 13.9. The molecule has 2 amide bonds. The van der Waals surface area contributed by atoms with Crippen molar-refractivity contribution in [2.75, 3.05) is 33.4 Å². The van der Waals surface area contributed by atoms with Gasteiger partial charge in [-0.15, -0.1) is 0 Å². The smallest absolute Gasteiger partial charge is 0.241 e. The van der Waals surface area contributed by atoms with Crippen molar-refractivity contribution in [2.45, 2.75) is 20.3 Å². The van der Waals surface area contributed by atoms with Gasteiger partial charge in [0.1, 0.15) is 18.1 Å². The Morgan fingerprint density at radius 2 is 2.09 bits per heavy atom. The number of fused-ring (bicyclic) bond motifs is 1. The number of hydrogen-bond acceptors (Lipinski definition) is 4. The topological polar surface area (TPSA) is 67.9 Å². The van der Waals surface area contributed by atoms with Gasteiger partial charge in [0.05, 0.1) is 19.6 Å². The molecule has 1 aliphatic heterocycles. The molecule has 6 nitrogen and oxygen atoms in total. The zero-order valence-electron chi connectivity index (χ0n) is 13.9. The van der Waals surface area contributed by atoms with Crippen LogP contribution in [0.1, 0.15) is 19.4 Å². The maximum atomic E-state index is 12.2. The highest BCUT2D eigenvalue weighted by molar-refractivity contribution is 5.86. The van der Waals surface area contributed by atoms with E-state index in [9.17, 15) is 9.59 Å². The summed E-state index contributed by atoms with van der Waals surface area (Å²) in [6.07, 6.45) is 0.602. The fourth-order valence-electron chi connectivity index (χ4n) is 2.64. The van der Waals surface area contributed by atoms with Crippen LogP contribution in [0.25, 0.3) is 0 Å². The third kappa shape index (κ3) is 4.15. The summed E-state index contributed by atoms with van der Waals surface area (Å²) >= 11 is 0. The third-order valence-electron chi connectivity index (χ3n) is 4.08. The molecule has 0 unspecified atom stereocenters. The maximum absolute atomic E-state index is 12.2. The van der Waals surface area contributed by atoms with Crippen LogP contribution >= 0.6 is 0 Å². The predicted octanol–water partition coefficient (Wildman–Crippen LogP) is 1.23. The van der Waals surface area contributed by atoms with E-state index >= 15 is 0 Å². The number of likely N-dealkylation sites (N-methyl/N-ethyl adjacent to an activating group) is 1. The fraction of sp³-hybridized carbons (Fsp3) is 0.529. The molecule has 1 aliphatic rings. The number of nitrogens with zero attached hydrogens (tertiary/aromatic N) is 1. The molecule has 0 saturated heterocycles. The van der Waals surface area contributed by atoms with E-state index in [4.69, 9.17) is 9.47 Å². The van der Waals surface area contributed by atoms with E-state index in [1.54, 1.807) is 12.0 Å². The number of rotatable bonds is 6. The van der Waals surface area contributed by atoms with E-state index in [1.807, 2.05) is 32.0 Å². The third-order valence-corrected chi connectivity index (χ3v) is 4.08. The van der Waals surface area contributed by atoms with Crippen LogP contribution in [-0.2, 0) is 16.0 Å². The SMILES string of the molecule is CCN(CC)C(=O)CNC(=O)[C@@H]1COc2cc(OC)ccc2C1. The van der Waals surface area contributed by atoms with Crippen molar-refractivity contribution in [3.05, 3.63) is 23.8 Å². The first-order valence-electron chi connectivity index (χ1n) is 7.94. The molecule has 2 rings (SSSR count). The number of benzene rings is 1. The van der Waals surface area contributed by atoms with Gasteiger partial charge in [-0.3, -0.25) is 9.59 Å². The number of ether oxygens (including phenoxy) is 2. The van der Waals surface area contributed by atoms with Crippen LogP contribution in [0.4, 0.5) is 0 Å². The van der Waals surface area contributed by atoms with Crippen molar-refractivity contribution in [1.82, 2.24) is 10.2 Å². The summed E-state index contributed by atoms with van der Waals surface area (Å²) < 4.78 is 10.8. The van der Waals surface area contributed by atoms with Gasteiger partial charge in [0.2, 0.25) is 11.8 Å². The van der Waals surface area contributed by atoms with Gasteiger partial charge in [0.15, 0.2) is 0 Å². The molecule has 126 valence electrons. The first-order valence-corrected chi connectivity index (χ1v) is 7.94. The Labute approximate surface area is 136 Å². The molecular formula is C17H24N2O4. The van der Waals surface area contributed by atoms with Gasteiger partial charge in [0.25, 0.3) is 0 Å². The van der Waals surface area contributed by atoms with Crippen molar-refractivity contribution in [1.29, 1.82) is 0 Å². The average Bonchev–Trinajstić information content (AvgIpc) is 2.59. The molecule has 0 bridgehead atoms. The Balaban J connectivity index is 1.90. The van der Waals surface area contributed by atoms with Gasteiger partial charge in [-0.1, -0.05) is 6.07 Å². The summed E-state index contributed by atoms with van der Waals surface area (Å²) in [4.78, 5) is 25.9. The van der Waals surface area contributed by atoms with Gasteiger partial charge >= 0.3 is 0 Å². The minimum atomic E-state index is -0.277. The lowest BCUT2D eigenvalue weighted by atomic mass is 9.96. The highest BCUT2D eigenvalue weighted by Gasteiger charge is 2.26. The number of nitrogens with one attached hydrogen (secondary N) is 1. The van der Waals surface area contributed by atoms with Crippen LogP contribution < -0.4 is 14.8 Å². The lowest BCUT2D eigenvalue weighted by molar-refractivity contribution is -0.134. The van der Waals surface area contributed by atoms with Gasteiger partial charge < -0.3 is 19.7 Å². The second-order valence-electron chi connectivity index (χ2n) is 5.47. The first kappa shape index (κ1) is 17.1. The Morgan fingerprint density at radius 1 is 1.35 bits per heavy atom. The molecule has 0 spiro atoms. The van der Waals surface area contributed by atoms with Crippen LogP contribution in [0.3, 0.4) is 0 Å². The molecule has 0 fully saturated rings. The van der Waals surface area contributed by atoms with E-state index in [-0.39, 0.29) is 24.3 Å². The van der Waals surface area contributed by atoms with Gasteiger partial charge in [0, 0.05) is 19.2 Å². The minimum absolute atomic E-state index is 0.0342. The quantitative estimate of drug-likeness (QED) is 0.856. The summed E-state index contributed by atoms with van der Waals surface area (Å²) in [5, 5.41) is 2.72. The standard InChI is InChI=1S/C17H24N2O4/c1-4-19(5-2)16(20)10-18-17(21)13-8-12-6-7-14(22-3)9-15(12)23-11-13/h6-7,9,13H,4-5,8,10-11H2,1-3H3,(H,18,21)/t13-/m0/s1. The summed E-state index contributed by atoms with van der Waals surface area (Å²) in [5.41, 5.74) is 0.979. The highest BCUT2D eigenvalue weighted by Crippen LogP contribution is 2.30. The van der Waals surface area contributed by atoms with Crippen molar-refractivity contribution in [3.63, 3.8) is 0 Å². The van der Waals surface area contributed by atoms with Crippen LogP contribution in [0, 0.1) is 5.92 Å².